The van der Waals surface area contributed by atoms with Crippen LogP contribution in [0.25, 0.3) is 55.4 Å². The van der Waals surface area contributed by atoms with Gasteiger partial charge in [-0.2, -0.15) is 0 Å². The molecule has 10 atom stereocenters. The molecule has 0 amide bonds. The smallest absolute Gasteiger partial charge is 0.262 e. The van der Waals surface area contributed by atoms with Gasteiger partial charge in [0.1, 0.15) is 23.7 Å². The second-order valence-electron chi connectivity index (χ2n) is 19.8. The Kier molecular flexibility index (Phi) is 12.0. The number of ether oxygens (including phenoxy) is 4. The quantitative estimate of drug-likeness (QED) is 0.103. The highest BCUT2D eigenvalue weighted by Gasteiger charge is 2.46. The molecule has 0 aliphatic carbocycles. The Morgan fingerprint density at radius 1 is 0.557 bits per heavy atom. The van der Waals surface area contributed by atoms with Crippen molar-refractivity contribution in [3.63, 3.8) is 0 Å². The molecule has 12 nitrogen and oxygen atoms in total. The van der Waals surface area contributed by atoms with Crippen molar-refractivity contribution >= 4 is 32.8 Å². The molecule has 10 unspecified atom stereocenters. The van der Waals surface area contributed by atoms with Crippen LogP contribution in [0.1, 0.15) is 75.7 Å². The van der Waals surface area contributed by atoms with Gasteiger partial charge in [-0.3, -0.25) is 19.8 Å². The molecule has 6 aliphatic heterocycles. The highest BCUT2D eigenvalue weighted by atomic mass is 16.5. The summed E-state index contributed by atoms with van der Waals surface area (Å²) in [6, 6.07) is 37.0. The van der Waals surface area contributed by atoms with Crippen LogP contribution in [0.5, 0.6) is 23.3 Å². The van der Waals surface area contributed by atoms with Crippen molar-refractivity contribution in [3.05, 3.63) is 133 Å². The minimum Gasteiger partial charge on any atom is -0.497 e. The Bertz CT molecular complexity index is 2970. The Labute approximate surface area is 409 Å². The fourth-order valence-electron chi connectivity index (χ4n) is 12.6. The van der Waals surface area contributed by atoms with Crippen LogP contribution in [0.4, 0.5) is 0 Å². The average molecular weight is 933 g/mol. The number of pyridine rings is 2. The van der Waals surface area contributed by atoms with E-state index in [0.29, 0.717) is 46.5 Å². The van der Waals surface area contributed by atoms with Crippen molar-refractivity contribution in [2.75, 3.05) is 40.4 Å². The Morgan fingerprint density at radius 3 is 1.39 bits per heavy atom. The summed E-state index contributed by atoms with van der Waals surface area (Å²) < 4.78 is 26.6. The molecule has 356 valence electrons. The Morgan fingerprint density at radius 2 is 1.00 bits per heavy atom. The van der Waals surface area contributed by atoms with Crippen LogP contribution in [-0.4, -0.2) is 92.4 Å². The van der Waals surface area contributed by atoms with Crippen LogP contribution in [0.2, 0.25) is 0 Å². The van der Waals surface area contributed by atoms with E-state index >= 15 is 0 Å². The van der Waals surface area contributed by atoms with Gasteiger partial charge >= 0.3 is 0 Å². The predicted octanol–water partition coefficient (Wildman–Crippen LogP) is 11.3. The predicted molar refractivity (Wildman–Crippen MR) is 273 cm³/mol. The normalized spacial score (nSPS) is 24.7. The summed E-state index contributed by atoms with van der Waals surface area (Å²) in [6.45, 7) is 8.75. The van der Waals surface area contributed by atoms with E-state index in [9.17, 15) is 0 Å². The highest BCUT2D eigenvalue weighted by molar-refractivity contribution is 5.91. The summed E-state index contributed by atoms with van der Waals surface area (Å²) in [7, 11) is 3.41. The molecule has 4 aromatic heterocycles. The lowest BCUT2D eigenvalue weighted by Crippen LogP contribution is -2.56. The van der Waals surface area contributed by atoms with Crippen LogP contribution in [0.3, 0.4) is 0 Å². The first-order chi connectivity index (χ1) is 34.5. The third-order valence-electron chi connectivity index (χ3n) is 16.3. The number of methoxy groups -OCH3 is 2. The van der Waals surface area contributed by atoms with Crippen molar-refractivity contribution in [2.45, 2.75) is 76.7 Å². The molecule has 0 radical (unpaired) electrons. The summed E-state index contributed by atoms with van der Waals surface area (Å²) in [5.74, 6) is 4.65. The summed E-state index contributed by atoms with van der Waals surface area (Å²) in [5.41, 5.74) is 8.06. The summed E-state index contributed by atoms with van der Waals surface area (Å²) >= 11 is 0. The molecule has 6 saturated heterocycles. The summed E-state index contributed by atoms with van der Waals surface area (Å²) in [6.07, 6.45) is 9.61. The Hall–Kier alpha value is -6.76. The zero-order valence-corrected chi connectivity index (χ0v) is 40.4. The van der Waals surface area contributed by atoms with Gasteiger partial charge in [-0.05, 0) is 111 Å². The van der Waals surface area contributed by atoms with E-state index < -0.39 is 12.2 Å². The molecule has 0 spiro atoms. The minimum absolute atomic E-state index is 0.0698. The topological polar surface area (TPSA) is 121 Å². The molecule has 4 bridgehead atoms. The standard InChI is InChI=1S/C58H60N8O4/c1-5-35-33-65-27-23-39(35)29-49(65)55(43-21-25-59-47-19-17-41(67-3)31-45(43)47)69-57-53-54(62-52(38-15-11-8-12-16-38)51(61-53)37-13-9-7-10-14-37)58(64-63-57)70-56(50-30-40-24-28-66(50)34-36(40)6-2)44-22-26-60-48-20-18-42(68-4)32-46(44)48/h7-22,25-26,31-32,35-36,39-40,49-50,55-56H,5-6,23-24,27-30,33-34H2,1-4H3. The van der Waals surface area contributed by atoms with Gasteiger partial charge in [-0.1, -0.05) is 87.4 Å². The monoisotopic (exact) mass is 932 g/mol. The summed E-state index contributed by atoms with van der Waals surface area (Å²) in [5, 5.41) is 12.1. The average Bonchev–Trinajstić information content (AvgIpc) is 3.43. The molecule has 4 aromatic carbocycles. The lowest BCUT2D eigenvalue weighted by Gasteiger charge is -2.52. The Balaban J connectivity index is 1.06. The van der Waals surface area contributed by atoms with Crippen LogP contribution in [-0.2, 0) is 0 Å². The number of benzene rings is 4. The van der Waals surface area contributed by atoms with E-state index in [-0.39, 0.29) is 12.1 Å². The van der Waals surface area contributed by atoms with Gasteiger partial charge in [0.15, 0.2) is 11.0 Å². The lowest BCUT2D eigenvalue weighted by molar-refractivity contribution is -0.0505. The zero-order chi connectivity index (χ0) is 47.3. The third kappa shape index (κ3) is 8.04. The number of rotatable bonds is 14. The molecule has 14 rings (SSSR count). The molecular formula is C58H60N8O4. The van der Waals surface area contributed by atoms with Gasteiger partial charge in [0, 0.05) is 58.5 Å². The zero-order valence-electron chi connectivity index (χ0n) is 40.4. The van der Waals surface area contributed by atoms with Crippen LogP contribution in [0, 0.1) is 23.7 Å². The van der Waals surface area contributed by atoms with E-state index in [1.807, 2.05) is 73.1 Å². The second kappa shape index (κ2) is 18.9. The number of hydrogen-bond acceptors (Lipinski definition) is 12. The molecule has 0 N–H and O–H groups in total. The fraction of sp³-hybridized carbons (Fsp3) is 0.379. The molecular weight excluding hydrogens is 873 g/mol. The van der Waals surface area contributed by atoms with E-state index in [2.05, 4.69) is 72.2 Å². The lowest BCUT2D eigenvalue weighted by atomic mass is 9.72. The van der Waals surface area contributed by atoms with E-state index in [1.165, 1.54) is 12.8 Å². The van der Waals surface area contributed by atoms with Crippen molar-refractivity contribution in [3.8, 4) is 45.8 Å². The van der Waals surface area contributed by atoms with E-state index in [4.69, 9.17) is 49.1 Å². The first-order valence-electron chi connectivity index (χ1n) is 25.3. The SMILES string of the molecule is CCC1CN2CCC1CC2C(Oc1nnc(OC(c2ccnc3ccc(OC)cc23)C2CC3CCN2CC3CC)c2nc(-c3ccccc3)c(-c3ccccc3)nc12)c1ccnc2ccc(OC)cc12. The molecule has 6 aliphatic rings. The first-order valence-corrected chi connectivity index (χ1v) is 25.3. The molecule has 70 heavy (non-hydrogen) atoms. The van der Waals surface area contributed by atoms with Crippen molar-refractivity contribution in [1.82, 2.24) is 39.9 Å². The van der Waals surface area contributed by atoms with Crippen LogP contribution in [0.15, 0.2) is 122 Å². The molecule has 8 aromatic rings. The van der Waals surface area contributed by atoms with Gasteiger partial charge < -0.3 is 18.9 Å². The van der Waals surface area contributed by atoms with Gasteiger partial charge in [0.25, 0.3) is 11.8 Å². The van der Waals surface area contributed by atoms with Gasteiger partial charge in [-0.25, -0.2) is 9.97 Å². The number of aromatic nitrogens is 6. The number of hydrogen-bond donors (Lipinski definition) is 0. The number of fused-ring (bicyclic) bond motifs is 9. The van der Waals surface area contributed by atoms with Gasteiger partial charge in [0.05, 0.1) is 48.7 Å². The molecule has 12 heteroatoms. The fourth-order valence-corrected chi connectivity index (χ4v) is 12.6. The van der Waals surface area contributed by atoms with Gasteiger partial charge in [0.2, 0.25) is 0 Å². The first kappa shape index (κ1) is 44.4. The van der Waals surface area contributed by atoms with E-state index in [0.717, 1.165) is 119 Å². The van der Waals surface area contributed by atoms with Crippen molar-refractivity contribution < 1.29 is 18.9 Å². The number of piperidine rings is 6. The van der Waals surface area contributed by atoms with Crippen molar-refractivity contribution in [2.24, 2.45) is 23.7 Å². The maximum absolute atomic E-state index is 7.53. The van der Waals surface area contributed by atoms with E-state index in [1.54, 1.807) is 14.2 Å². The largest absolute Gasteiger partial charge is 0.497 e. The number of nitrogens with zero attached hydrogens (tertiary/aromatic N) is 8. The van der Waals surface area contributed by atoms with Crippen molar-refractivity contribution in [1.29, 1.82) is 0 Å². The van der Waals surface area contributed by atoms with Crippen LogP contribution < -0.4 is 18.9 Å². The minimum atomic E-state index is -0.443. The summed E-state index contributed by atoms with van der Waals surface area (Å²) in [4.78, 5) is 26.1. The molecule has 6 fully saturated rings. The van der Waals surface area contributed by atoms with Gasteiger partial charge in [-0.15, -0.1) is 10.2 Å². The molecule has 10 heterocycles. The highest BCUT2D eigenvalue weighted by Crippen LogP contribution is 2.48. The molecule has 0 saturated carbocycles. The van der Waals surface area contributed by atoms with Crippen LogP contribution >= 0.6 is 0 Å². The maximum Gasteiger partial charge on any atom is 0.262 e. The maximum atomic E-state index is 7.53. The third-order valence-corrected chi connectivity index (χ3v) is 16.3. The second-order valence-corrected chi connectivity index (χ2v) is 19.8.